The Hall–Kier alpha value is -2.12. The predicted molar refractivity (Wildman–Crippen MR) is 106 cm³/mol. The summed E-state index contributed by atoms with van der Waals surface area (Å²) in [7, 11) is -3.95. The van der Waals surface area contributed by atoms with Gasteiger partial charge in [-0.25, -0.2) is 8.42 Å². The summed E-state index contributed by atoms with van der Waals surface area (Å²) < 4.78 is 65.9. The summed E-state index contributed by atoms with van der Waals surface area (Å²) in [6.07, 6.45) is -0.104. The van der Waals surface area contributed by atoms with Crippen molar-refractivity contribution in [3.63, 3.8) is 0 Å². The zero-order valence-corrected chi connectivity index (χ0v) is 16.9. The highest BCUT2D eigenvalue weighted by Gasteiger charge is 2.35. The van der Waals surface area contributed by atoms with Gasteiger partial charge in [0.25, 0.3) is 0 Å². The molecule has 1 heterocycles. The lowest BCUT2D eigenvalue weighted by Gasteiger charge is -2.32. The molecule has 29 heavy (non-hydrogen) atoms. The van der Waals surface area contributed by atoms with Crippen molar-refractivity contribution >= 4 is 15.6 Å². The lowest BCUT2D eigenvalue weighted by atomic mass is 9.86. The quantitative estimate of drug-likeness (QED) is 0.695. The van der Waals surface area contributed by atoms with Crippen molar-refractivity contribution in [1.82, 2.24) is 4.31 Å². The Labute approximate surface area is 168 Å². The molecule has 1 fully saturated rings. The van der Waals surface area contributed by atoms with Crippen LogP contribution in [0.5, 0.6) is 0 Å². The number of hydrogen-bond acceptors (Lipinski definition) is 2. The van der Waals surface area contributed by atoms with Crippen molar-refractivity contribution < 1.29 is 21.6 Å². The van der Waals surface area contributed by atoms with E-state index in [-0.39, 0.29) is 10.8 Å². The van der Waals surface area contributed by atoms with Crippen molar-refractivity contribution in [3.05, 3.63) is 70.8 Å². The maximum absolute atomic E-state index is 13.0. The molecule has 2 aromatic carbocycles. The number of fused-ring (bicyclic) bond motifs is 1. The van der Waals surface area contributed by atoms with Crippen molar-refractivity contribution in [2.75, 3.05) is 13.1 Å². The van der Waals surface area contributed by atoms with Gasteiger partial charge in [0.2, 0.25) is 10.0 Å². The van der Waals surface area contributed by atoms with E-state index < -0.39 is 21.8 Å². The summed E-state index contributed by atoms with van der Waals surface area (Å²) >= 11 is 0. The average Bonchev–Trinajstić information content (AvgIpc) is 3.13. The lowest BCUT2D eigenvalue weighted by Crippen LogP contribution is -2.38. The first-order chi connectivity index (χ1) is 13.7. The van der Waals surface area contributed by atoms with Gasteiger partial charge in [-0.3, -0.25) is 0 Å². The third-order valence-electron chi connectivity index (χ3n) is 5.94. The van der Waals surface area contributed by atoms with Crippen molar-refractivity contribution in [2.24, 2.45) is 5.92 Å². The molecule has 2 aliphatic rings. The highest BCUT2D eigenvalue weighted by Crippen LogP contribution is 2.40. The van der Waals surface area contributed by atoms with Crippen molar-refractivity contribution in [2.45, 2.75) is 37.3 Å². The summed E-state index contributed by atoms with van der Waals surface area (Å²) in [4.78, 5) is -0.299. The number of nitrogens with zero attached hydrogens (tertiary/aromatic N) is 1. The third-order valence-corrected chi connectivity index (χ3v) is 7.83. The van der Waals surface area contributed by atoms with Crippen LogP contribution in [0.3, 0.4) is 0 Å². The first kappa shape index (κ1) is 20.2. The van der Waals surface area contributed by atoms with Crippen LogP contribution in [0.25, 0.3) is 5.57 Å². The number of piperidine rings is 1. The molecule has 0 unspecified atom stereocenters. The minimum absolute atomic E-state index is 0.269. The Morgan fingerprint density at radius 3 is 2.41 bits per heavy atom. The molecule has 0 amide bonds. The minimum atomic E-state index is -4.57. The van der Waals surface area contributed by atoms with E-state index in [9.17, 15) is 21.6 Å². The number of halogens is 3. The predicted octanol–water partition coefficient (Wildman–Crippen LogP) is 5.05. The standard InChI is InChI=1S/C22H22F3NO2S/c1-15-4-2-7-21-19(15)8-9-20(21)16-10-12-26(13-11-16)29(27,28)18-6-3-5-17(14-18)22(23,24)25/h2-7,9,14,16H,8,10-13H2,1H3. The second kappa shape index (κ2) is 7.29. The molecule has 7 heteroatoms. The number of aryl methyl sites for hydroxylation is 1. The van der Waals surface area contributed by atoms with Crippen molar-refractivity contribution in [3.8, 4) is 0 Å². The van der Waals surface area contributed by atoms with E-state index in [4.69, 9.17) is 0 Å². The molecule has 0 saturated carbocycles. The maximum atomic E-state index is 13.0. The van der Waals surface area contributed by atoms with Crippen LogP contribution < -0.4 is 0 Å². The lowest BCUT2D eigenvalue weighted by molar-refractivity contribution is -0.137. The molecule has 0 atom stereocenters. The SMILES string of the molecule is Cc1cccc2c1CC=C2C1CCN(S(=O)(=O)c2cccc(C(F)(F)F)c2)CC1. The number of allylic oxidation sites excluding steroid dienone is 2. The summed E-state index contributed by atoms with van der Waals surface area (Å²) in [5.74, 6) is 0.269. The summed E-state index contributed by atoms with van der Waals surface area (Å²) in [5, 5.41) is 0. The normalized spacial score (nSPS) is 18.6. The van der Waals surface area contributed by atoms with Crippen LogP contribution in [0.2, 0.25) is 0 Å². The number of sulfonamides is 1. The van der Waals surface area contributed by atoms with E-state index in [2.05, 4.69) is 25.1 Å². The van der Waals surface area contributed by atoms with Gasteiger partial charge in [-0.2, -0.15) is 17.5 Å². The van der Waals surface area contributed by atoms with Gasteiger partial charge in [0.05, 0.1) is 10.5 Å². The second-order valence-corrected chi connectivity index (χ2v) is 9.61. The van der Waals surface area contributed by atoms with Gasteiger partial charge in [0.1, 0.15) is 0 Å². The number of alkyl halides is 3. The Morgan fingerprint density at radius 1 is 1.03 bits per heavy atom. The number of rotatable bonds is 3. The first-order valence-corrected chi connectivity index (χ1v) is 11.1. The summed E-state index contributed by atoms with van der Waals surface area (Å²) in [6, 6.07) is 10.2. The molecule has 0 N–H and O–H groups in total. The van der Waals surface area contributed by atoms with Gasteiger partial charge in [-0.15, -0.1) is 0 Å². The molecular weight excluding hydrogens is 399 g/mol. The van der Waals surface area contributed by atoms with E-state index in [1.807, 2.05) is 6.07 Å². The Balaban J connectivity index is 1.50. The smallest absolute Gasteiger partial charge is 0.207 e. The molecule has 1 aliphatic heterocycles. The van der Waals surface area contributed by atoms with Crippen molar-refractivity contribution in [1.29, 1.82) is 0 Å². The molecule has 0 bridgehead atoms. The number of benzene rings is 2. The average molecular weight is 421 g/mol. The molecule has 2 aromatic rings. The zero-order chi connectivity index (χ0) is 20.8. The van der Waals surface area contributed by atoms with E-state index in [0.29, 0.717) is 25.9 Å². The largest absolute Gasteiger partial charge is 0.416 e. The summed E-state index contributed by atoms with van der Waals surface area (Å²) in [5.41, 5.74) is 4.18. The van der Waals surface area contributed by atoms with Gasteiger partial charge >= 0.3 is 6.18 Å². The van der Waals surface area contributed by atoms with Crippen LogP contribution in [-0.4, -0.2) is 25.8 Å². The molecular formula is C22H22F3NO2S. The Bertz CT molecular complexity index is 1070. The van der Waals surface area contributed by atoms with Gasteiger partial charge in [0.15, 0.2) is 0 Å². The highest BCUT2D eigenvalue weighted by atomic mass is 32.2. The van der Waals surface area contributed by atoms with Crippen LogP contribution in [0.15, 0.2) is 53.4 Å². The minimum Gasteiger partial charge on any atom is -0.207 e. The third kappa shape index (κ3) is 3.73. The fourth-order valence-corrected chi connectivity index (χ4v) is 5.86. The van der Waals surface area contributed by atoms with Crippen LogP contribution in [0.4, 0.5) is 13.2 Å². The molecule has 1 aliphatic carbocycles. The molecule has 4 rings (SSSR count). The van der Waals surface area contributed by atoms with Crippen LogP contribution in [-0.2, 0) is 22.6 Å². The van der Waals surface area contributed by atoms with Gasteiger partial charge < -0.3 is 0 Å². The van der Waals surface area contributed by atoms with E-state index in [1.54, 1.807) is 0 Å². The topological polar surface area (TPSA) is 37.4 Å². The van der Waals surface area contributed by atoms with Crippen LogP contribution in [0.1, 0.15) is 35.1 Å². The zero-order valence-electron chi connectivity index (χ0n) is 16.0. The van der Waals surface area contributed by atoms with Gasteiger partial charge in [-0.1, -0.05) is 30.3 Å². The molecule has 154 valence electrons. The second-order valence-electron chi connectivity index (χ2n) is 7.67. The Kier molecular flexibility index (Phi) is 5.07. The highest BCUT2D eigenvalue weighted by molar-refractivity contribution is 7.89. The van der Waals surface area contributed by atoms with Crippen LogP contribution in [0, 0.1) is 12.8 Å². The monoisotopic (exact) mass is 421 g/mol. The molecule has 0 aromatic heterocycles. The summed E-state index contributed by atoms with van der Waals surface area (Å²) in [6.45, 7) is 2.71. The van der Waals surface area contributed by atoms with E-state index >= 15 is 0 Å². The maximum Gasteiger partial charge on any atom is 0.416 e. The first-order valence-electron chi connectivity index (χ1n) is 9.64. The van der Waals surface area contributed by atoms with E-state index in [1.165, 1.54) is 32.6 Å². The number of hydrogen-bond donors (Lipinski definition) is 0. The van der Waals surface area contributed by atoms with E-state index in [0.717, 1.165) is 24.6 Å². The molecule has 0 spiro atoms. The van der Waals surface area contributed by atoms with Gasteiger partial charge in [-0.05, 0) is 72.6 Å². The fraction of sp³-hybridized carbons (Fsp3) is 0.364. The van der Waals surface area contributed by atoms with Gasteiger partial charge in [0, 0.05) is 13.1 Å². The molecule has 3 nitrogen and oxygen atoms in total. The molecule has 0 radical (unpaired) electrons. The van der Waals surface area contributed by atoms with Crippen LogP contribution >= 0.6 is 0 Å². The molecule has 1 saturated heterocycles. The fourth-order valence-electron chi connectivity index (χ4n) is 4.34. The Morgan fingerprint density at radius 2 is 1.72 bits per heavy atom.